The van der Waals surface area contributed by atoms with Gasteiger partial charge >= 0.3 is 5.97 Å². The fourth-order valence-corrected chi connectivity index (χ4v) is 2.13. The molecule has 0 bridgehead atoms. The molecule has 0 heterocycles. The van der Waals surface area contributed by atoms with E-state index in [1.165, 1.54) is 0 Å². The van der Waals surface area contributed by atoms with Gasteiger partial charge in [0.15, 0.2) is 0 Å². The minimum atomic E-state index is -0.855. The smallest absolute Gasteiger partial charge is 0.304 e. The average molecular weight is 292 g/mol. The molecule has 1 aromatic rings. The van der Waals surface area contributed by atoms with Crippen molar-refractivity contribution in [2.75, 3.05) is 20.1 Å². The molecule has 116 valence electrons. The van der Waals surface area contributed by atoms with E-state index < -0.39 is 5.97 Å². The van der Waals surface area contributed by atoms with Gasteiger partial charge in [-0.1, -0.05) is 44.2 Å². The third kappa shape index (κ3) is 6.40. The Labute approximate surface area is 126 Å². The van der Waals surface area contributed by atoms with Gasteiger partial charge in [-0.15, -0.1) is 0 Å². The molecule has 1 rings (SSSR count). The van der Waals surface area contributed by atoms with Crippen molar-refractivity contribution >= 4 is 11.9 Å². The highest BCUT2D eigenvalue weighted by atomic mass is 16.4. The summed E-state index contributed by atoms with van der Waals surface area (Å²) in [6.45, 7) is 4.68. The Kier molecular flexibility index (Phi) is 6.88. The summed E-state index contributed by atoms with van der Waals surface area (Å²) >= 11 is 0. The number of nitrogens with zero attached hydrogens (tertiary/aromatic N) is 1. The number of benzene rings is 1. The van der Waals surface area contributed by atoms with Crippen LogP contribution in [0.2, 0.25) is 0 Å². The van der Waals surface area contributed by atoms with Crippen LogP contribution in [0.5, 0.6) is 0 Å². The van der Waals surface area contributed by atoms with Gasteiger partial charge < -0.3 is 10.4 Å². The van der Waals surface area contributed by atoms with Crippen LogP contribution in [0.25, 0.3) is 0 Å². The molecule has 0 saturated carbocycles. The number of likely N-dealkylation sites (N-methyl/N-ethyl adjacent to an activating group) is 1. The lowest BCUT2D eigenvalue weighted by Gasteiger charge is -2.24. The lowest BCUT2D eigenvalue weighted by atomic mass is 9.96. The summed E-state index contributed by atoms with van der Waals surface area (Å²) in [4.78, 5) is 24.3. The molecule has 0 aliphatic rings. The number of carboxylic acids is 1. The summed E-state index contributed by atoms with van der Waals surface area (Å²) in [5.74, 6) is -0.669. The number of rotatable bonds is 8. The van der Waals surface area contributed by atoms with Crippen LogP contribution in [0.1, 0.15) is 31.9 Å². The maximum atomic E-state index is 12.1. The lowest BCUT2D eigenvalue weighted by molar-refractivity contribution is -0.137. The van der Waals surface area contributed by atoms with Crippen LogP contribution < -0.4 is 5.32 Å². The number of nitrogens with one attached hydrogen (secondary N) is 1. The topological polar surface area (TPSA) is 69.6 Å². The van der Waals surface area contributed by atoms with Crippen molar-refractivity contribution in [3.63, 3.8) is 0 Å². The van der Waals surface area contributed by atoms with Gasteiger partial charge in [-0.2, -0.15) is 0 Å². The first-order valence-electron chi connectivity index (χ1n) is 7.14. The second-order valence-electron chi connectivity index (χ2n) is 5.58. The molecular formula is C16H24N2O3. The summed E-state index contributed by atoms with van der Waals surface area (Å²) in [7, 11) is 1.75. The van der Waals surface area contributed by atoms with E-state index in [-0.39, 0.29) is 30.8 Å². The third-order valence-electron chi connectivity index (χ3n) is 3.26. The van der Waals surface area contributed by atoms with Gasteiger partial charge in [-0.3, -0.25) is 14.5 Å². The van der Waals surface area contributed by atoms with E-state index in [0.29, 0.717) is 6.54 Å². The van der Waals surface area contributed by atoms with Gasteiger partial charge in [0.05, 0.1) is 19.0 Å². The fourth-order valence-electron chi connectivity index (χ4n) is 2.13. The molecule has 1 unspecified atom stereocenters. The van der Waals surface area contributed by atoms with Crippen molar-refractivity contribution in [2.24, 2.45) is 5.92 Å². The van der Waals surface area contributed by atoms with Crippen LogP contribution in [-0.2, 0) is 9.59 Å². The van der Waals surface area contributed by atoms with E-state index in [9.17, 15) is 9.59 Å². The maximum absolute atomic E-state index is 12.1. The van der Waals surface area contributed by atoms with Crippen LogP contribution in [0.4, 0.5) is 0 Å². The molecular weight excluding hydrogens is 268 g/mol. The minimum absolute atomic E-state index is 0.0356. The van der Waals surface area contributed by atoms with Crippen molar-refractivity contribution < 1.29 is 14.7 Å². The maximum Gasteiger partial charge on any atom is 0.304 e. The molecule has 5 heteroatoms. The Hall–Kier alpha value is -1.88. The molecule has 21 heavy (non-hydrogen) atoms. The van der Waals surface area contributed by atoms with Gasteiger partial charge in [0.25, 0.3) is 0 Å². The first kappa shape index (κ1) is 17.2. The Balaban J connectivity index is 2.56. The largest absolute Gasteiger partial charge is 0.481 e. The quantitative estimate of drug-likeness (QED) is 0.768. The average Bonchev–Trinajstić information content (AvgIpc) is 2.43. The highest BCUT2D eigenvalue weighted by molar-refractivity contribution is 5.78. The summed E-state index contributed by atoms with van der Waals surface area (Å²) in [6.07, 6.45) is 0.0378. The number of carboxylic acid groups (broad SMARTS) is 1. The summed E-state index contributed by atoms with van der Waals surface area (Å²) in [5, 5.41) is 11.7. The van der Waals surface area contributed by atoms with Crippen LogP contribution >= 0.6 is 0 Å². The lowest BCUT2D eigenvalue weighted by Crippen LogP contribution is -2.39. The van der Waals surface area contributed by atoms with Crippen molar-refractivity contribution in [1.82, 2.24) is 10.2 Å². The standard InChI is InChI=1S/C16H24N2O3/c1-12(2)16(13-7-5-4-6-8-13)17-14(19)11-18(3)10-9-15(20)21/h4-8,12,16H,9-11H2,1-3H3,(H,17,19)(H,20,21). The second-order valence-corrected chi connectivity index (χ2v) is 5.58. The summed E-state index contributed by atoms with van der Waals surface area (Å²) in [5.41, 5.74) is 1.08. The molecule has 5 nitrogen and oxygen atoms in total. The highest BCUT2D eigenvalue weighted by Crippen LogP contribution is 2.21. The monoisotopic (exact) mass is 292 g/mol. The van der Waals surface area contributed by atoms with Crippen molar-refractivity contribution in [1.29, 1.82) is 0 Å². The Morgan fingerprint density at radius 2 is 1.86 bits per heavy atom. The molecule has 0 spiro atoms. The van der Waals surface area contributed by atoms with E-state index in [0.717, 1.165) is 5.56 Å². The first-order valence-corrected chi connectivity index (χ1v) is 7.14. The number of carbonyl (C=O) groups is 2. The van der Waals surface area contributed by atoms with Crippen molar-refractivity contribution in [3.8, 4) is 0 Å². The second kappa shape index (κ2) is 8.42. The summed E-state index contributed by atoms with van der Waals surface area (Å²) in [6, 6.07) is 9.82. The fraction of sp³-hybridized carbons (Fsp3) is 0.500. The van der Waals surface area contributed by atoms with Crippen LogP contribution in [0.15, 0.2) is 30.3 Å². The Morgan fingerprint density at radius 1 is 1.24 bits per heavy atom. The van der Waals surface area contributed by atoms with E-state index in [4.69, 9.17) is 5.11 Å². The van der Waals surface area contributed by atoms with E-state index in [1.807, 2.05) is 30.3 Å². The van der Waals surface area contributed by atoms with E-state index >= 15 is 0 Å². The highest BCUT2D eigenvalue weighted by Gasteiger charge is 2.18. The van der Waals surface area contributed by atoms with Crippen LogP contribution in [0, 0.1) is 5.92 Å². The van der Waals surface area contributed by atoms with Gasteiger partial charge in [0.1, 0.15) is 0 Å². The zero-order valence-corrected chi connectivity index (χ0v) is 12.9. The number of hydrogen-bond donors (Lipinski definition) is 2. The number of aliphatic carboxylic acids is 1. The normalized spacial score (nSPS) is 12.4. The zero-order chi connectivity index (χ0) is 15.8. The van der Waals surface area contributed by atoms with E-state index in [1.54, 1.807) is 11.9 Å². The molecule has 1 atom stereocenters. The predicted molar refractivity (Wildman–Crippen MR) is 81.9 cm³/mol. The molecule has 0 fully saturated rings. The predicted octanol–water partition coefficient (Wildman–Crippen LogP) is 1.91. The first-order chi connectivity index (χ1) is 9.90. The molecule has 0 aliphatic carbocycles. The van der Waals surface area contributed by atoms with Gasteiger partial charge in [-0.05, 0) is 18.5 Å². The SMILES string of the molecule is CC(C)C(NC(=O)CN(C)CCC(=O)O)c1ccccc1. The molecule has 1 amide bonds. The van der Waals surface area contributed by atoms with Crippen molar-refractivity contribution in [3.05, 3.63) is 35.9 Å². The van der Waals surface area contributed by atoms with Gasteiger partial charge in [0.2, 0.25) is 5.91 Å². The number of hydrogen-bond acceptors (Lipinski definition) is 3. The van der Waals surface area contributed by atoms with Gasteiger partial charge in [0, 0.05) is 6.54 Å². The third-order valence-corrected chi connectivity index (χ3v) is 3.26. The molecule has 0 aromatic heterocycles. The van der Waals surface area contributed by atoms with E-state index in [2.05, 4.69) is 19.2 Å². The molecule has 2 N–H and O–H groups in total. The van der Waals surface area contributed by atoms with Crippen molar-refractivity contribution in [2.45, 2.75) is 26.3 Å². The summed E-state index contributed by atoms with van der Waals surface area (Å²) < 4.78 is 0. The number of carbonyl (C=O) groups excluding carboxylic acids is 1. The van der Waals surface area contributed by atoms with Crippen LogP contribution in [-0.4, -0.2) is 42.0 Å². The Morgan fingerprint density at radius 3 is 2.38 bits per heavy atom. The molecule has 0 radical (unpaired) electrons. The zero-order valence-electron chi connectivity index (χ0n) is 12.9. The molecule has 1 aromatic carbocycles. The van der Waals surface area contributed by atoms with Gasteiger partial charge in [-0.25, -0.2) is 0 Å². The minimum Gasteiger partial charge on any atom is -0.481 e. The number of amides is 1. The Bertz CT molecular complexity index is 460. The molecule has 0 aliphatic heterocycles. The molecule has 0 saturated heterocycles. The van der Waals surface area contributed by atoms with Crippen LogP contribution in [0.3, 0.4) is 0 Å².